The standard InChI is InChI=1S/C20H18ClN3O2/c21-19-7-5-18(6-8-19)20(9-10-22-13-20)17-3-1-15(2-4-17)16-11-23-24(12-16)26-14-25/h1-8,11-12,14,22H,9-10,13H2. The first kappa shape index (κ1) is 16.8. The molecule has 0 saturated carbocycles. The molecule has 3 aromatic rings. The molecule has 1 unspecified atom stereocenters. The first-order valence-corrected chi connectivity index (χ1v) is 8.82. The van der Waals surface area contributed by atoms with E-state index in [9.17, 15) is 4.79 Å². The van der Waals surface area contributed by atoms with Gasteiger partial charge < -0.3 is 10.2 Å². The quantitative estimate of drug-likeness (QED) is 0.704. The van der Waals surface area contributed by atoms with Gasteiger partial charge in [-0.1, -0.05) is 52.8 Å². The molecule has 4 rings (SSSR count). The highest BCUT2D eigenvalue weighted by molar-refractivity contribution is 6.30. The molecule has 1 saturated heterocycles. The van der Waals surface area contributed by atoms with Crippen molar-refractivity contribution in [3.63, 3.8) is 0 Å². The molecule has 1 aliphatic heterocycles. The fourth-order valence-electron chi connectivity index (χ4n) is 3.66. The Morgan fingerprint density at radius 2 is 1.77 bits per heavy atom. The van der Waals surface area contributed by atoms with Gasteiger partial charge in [-0.2, -0.15) is 0 Å². The second-order valence-corrected chi connectivity index (χ2v) is 6.86. The summed E-state index contributed by atoms with van der Waals surface area (Å²) in [6, 6.07) is 16.6. The zero-order chi connectivity index (χ0) is 18.0. The third kappa shape index (κ3) is 3.00. The number of aromatic nitrogens is 2. The van der Waals surface area contributed by atoms with Crippen molar-refractivity contribution in [3.8, 4) is 11.1 Å². The lowest BCUT2D eigenvalue weighted by Crippen LogP contribution is -2.30. The number of nitrogens with one attached hydrogen (secondary N) is 1. The second-order valence-electron chi connectivity index (χ2n) is 6.43. The predicted octanol–water partition coefficient (Wildman–Crippen LogP) is 3.07. The minimum atomic E-state index is -0.0477. The summed E-state index contributed by atoms with van der Waals surface area (Å²) in [5.74, 6) is 0. The highest BCUT2D eigenvalue weighted by atomic mass is 35.5. The van der Waals surface area contributed by atoms with Crippen LogP contribution in [0.25, 0.3) is 11.1 Å². The second kappa shape index (κ2) is 6.94. The van der Waals surface area contributed by atoms with E-state index in [1.165, 1.54) is 11.1 Å². The molecule has 0 aliphatic carbocycles. The van der Waals surface area contributed by atoms with Crippen LogP contribution < -0.4 is 10.2 Å². The minimum Gasteiger partial charge on any atom is -0.323 e. The lowest BCUT2D eigenvalue weighted by molar-refractivity contribution is -0.130. The Hall–Kier alpha value is -2.63. The van der Waals surface area contributed by atoms with E-state index in [2.05, 4.69) is 46.8 Å². The van der Waals surface area contributed by atoms with E-state index < -0.39 is 0 Å². The summed E-state index contributed by atoms with van der Waals surface area (Å²) in [5, 5.41) is 8.23. The summed E-state index contributed by atoms with van der Waals surface area (Å²) in [6.07, 6.45) is 4.39. The van der Waals surface area contributed by atoms with Crippen LogP contribution in [0.2, 0.25) is 5.02 Å². The number of halogens is 1. The van der Waals surface area contributed by atoms with Crippen LogP contribution in [0.15, 0.2) is 60.9 Å². The van der Waals surface area contributed by atoms with E-state index in [-0.39, 0.29) is 5.41 Å². The van der Waals surface area contributed by atoms with E-state index in [0.29, 0.717) is 6.47 Å². The molecule has 132 valence electrons. The summed E-state index contributed by atoms with van der Waals surface area (Å²) in [6.45, 7) is 2.24. The molecule has 1 aromatic heterocycles. The molecule has 1 atom stereocenters. The van der Waals surface area contributed by atoms with Gasteiger partial charge in [0, 0.05) is 22.5 Å². The van der Waals surface area contributed by atoms with Gasteiger partial charge >= 0.3 is 6.47 Å². The average molecular weight is 368 g/mol. The number of benzene rings is 2. The highest BCUT2D eigenvalue weighted by Crippen LogP contribution is 2.39. The Kier molecular flexibility index (Phi) is 4.49. The summed E-state index contributed by atoms with van der Waals surface area (Å²) < 4.78 is 0. The van der Waals surface area contributed by atoms with Gasteiger partial charge in [0.15, 0.2) is 0 Å². The van der Waals surface area contributed by atoms with Crippen molar-refractivity contribution < 1.29 is 9.63 Å². The van der Waals surface area contributed by atoms with E-state index in [1.54, 1.807) is 12.4 Å². The Morgan fingerprint density at radius 3 is 2.38 bits per heavy atom. The van der Waals surface area contributed by atoms with Crippen molar-refractivity contribution in [2.75, 3.05) is 13.1 Å². The molecule has 1 aliphatic rings. The molecule has 0 amide bonds. The Balaban J connectivity index is 1.67. The molecular formula is C20H18ClN3O2. The van der Waals surface area contributed by atoms with Gasteiger partial charge in [0.1, 0.15) is 0 Å². The molecule has 2 aromatic carbocycles. The van der Waals surface area contributed by atoms with Gasteiger partial charge in [-0.25, -0.2) is 0 Å². The Morgan fingerprint density at radius 1 is 1.08 bits per heavy atom. The number of carbonyl (C=O) groups is 1. The van der Waals surface area contributed by atoms with Crippen LogP contribution in [0.1, 0.15) is 17.5 Å². The molecule has 0 spiro atoms. The van der Waals surface area contributed by atoms with E-state index in [0.717, 1.165) is 40.5 Å². The first-order valence-electron chi connectivity index (χ1n) is 8.44. The fourth-order valence-corrected chi connectivity index (χ4v) is 3.78. The average Bonchev–Trinajstić information content (AvgIpc) is 3.33. The zero-order valence-corrected chi connectivity index (χ0v) is 14.8. The van der Waals surface area contributed by atoms with Crippen LogP contribution in [-0.2, 0) is 10.2 Å². The molecule has 1 fully saturated rings. The van der Waals surface area contributed by atoms with Gasteiger partial charge in [-0.15, -0.1) is 5.10 Å². The molecule has 0 radical (unpaired) electrons. The summed E-state index contributed by atoms with van der Waals surface area (Å²) >= 11 is 6.07. The van der Waals surface area contributed by atoms with Crippen LogP contribution in [0.5, 0.6) is 0 Å². The third-order valence-electron chi connectivity index (χ3n) is 5.03. The van der Waals surface area contributed by atoms with E-state index in [1.807, 2.05) is 12.1 Å². The number of carbonyl (C=O) groups excluding carboxylic acids is 1. The lowest BCUT2D eigenvalue weighted by Gasteiger charge is -2.30. The van der Waals surface area contributed by atoms with Crippen molar-refractivity contribution in [2.24, 2.45) is 0 Å². The van der Waals surface area contributed by atoms with Crippen molar-refractivity contribution in [1.82, 2.24) is 15.3 Å². The van der Waals surface area contributed by atoms with Gasteiger partial charge in [-0.3, -0.25) is 4.79 Å². The van der Waals surface area contributed by atoms with Crippen molar-refractivity contribution in [3.05, 3.63) is 77.1 Å². The fraction of sp³-hybridized carbons (Fsp3) is 0.200. The topological polar surface area (TPSA) is 56.1 Å². The normalized spacial score (nSPS) is 19.4. The van der Waals surface area contributed by atoms with Crippen LogP contribution in [0, 0.1) is 0 Å². The lowest BCUT2D eigenvalue weighted by atomic mass is 9.73. The summed E-state index contributed by atoms with van der Waals surface area (Å²) in [4.78, 5) is 16.3. The highest BCUT2D eigenvalue weighted by Gasteiger charge is 2.37. The molecular weight excluding hydrogens is 350 g/mol. The van der Waals surface area contributed by atoms with Gasteiger partial charge in [-0.05, 0) is 41.8 Å². The SMILES string of the molecule is O=COn1cc(-c2ccc(C3(c4ccc(Cl)cc4)CCNC3)cc2)cn1. The largest absolute Gasteiger partial charge is 0.323 e. The van der Waals surface area contributed by atoms with Crippen molar-refractivity contribution in [2.45, 2.75) is 11.8 Å². The molecule has 5 nitrogen and oxygen atoms in total. The number of hydrogen-bond acceptors (Lipinski definition) is 4. The monoisotopic (exact) mass is 367 g/mol. The first-order chi connectivity index (χ1) is 12.7. The molecule has 26 heavy (non-hydrogen) atoms. The third-order valence-corrected chi connectivity index (χ3v) is 5.29. The maximum absolute atomic E-state index is 10.4. The number of nitrogens with zero attached hydrogens (tertiary/aromatic N) is 2. The number of hydrogen-bond donors (Lipinski definition) is 1. The van der Waals surface area contributed by atoms with Crippen LogP contribution >= 0.6 is 11.6 Å². The van der Waals surface area contributed by atoms with Gasteiger partial charge in [0.05, 0.1) is 12.4 Å². The van der Waals surface area contributed by atoms with Crippen LogP contribution in [0.3, 0.4) is 0 Å². The summed E-state index contributed by atoms with van der Waals surface area (Å²) in [7, 11) is 0. The predicted molar refractivity (Wildman–Crippen MR) is 100 cm³/mol. The van der Waals surface area contributed by atoms with Crippen LogP contribution in [-0.4, -0.2) is 29.5 Å². The van der Waals surface area contributed by atoms with E-state index >= 15 is 0 Å². The maximum Gasteiger partial charge on any atom is 0.323 e. The minimum absolute atomic E-state index is 0.0477. The maximum atomic E-state index is 10.4. The number of rotatable bonds is 5. The smallest absolute Gasteiger partial charge is 0.323 e. The molecule has 6 heteroatoms. The van der Waals surface area contributed by atoms with Gasteiger partial charge in [0.2, 0.25) is 0 Å². The van der Waals surface area contributed by atoms with E-state index in [4.69, 9.17) is 16.4 Å². The van der Waals surface area contributed by atoms with Crippen molar-refractivity contribution >= 4 is 18.1 Å². The summed E-state index contributed by atoms with van der Waals surface area (Å²) in [5.41, 5.74) is 4.40. The Bertz CT molecular complexity index is 898. The molecule has 2 heterocycles. The van der Waals surface area contributed by atoms with Crippen molar-refractivity contribution in [1.29, 1.82) is 0 Å². The van der Waals surface area contributed by atoms with Crippen LogP contribution in [0.4, 0.5) is 0 Å². The molecule has 0 bridgehead atoms. The van der Waals surface area contributed by atoms with Gasteiger partial charge in [0.25, 0.3) is 0 Å². The zero-order valence-electron chi connectivity index (χ0n) is 14.1. The molecule has 1 N–H and O–H groups in total. The Labute approximate surface area is 156 Å².